The molecular formula is C16H18N4O5. The first-order valence-electron chi connectivity index (χ1n) is 8.01. The fourth-order valence-electron chi connectivity index (χ4n) is 3.21. The number of nitro benzene ring substituents is 1. The molecule has 0 saturated heterocycles. The van der Waals surface area contributed by atoms with Gasteiger partial charge in [0.25, 0.3) is 11.6 Å². The van der Waals surface area contributed by atoms with Crippen LogP contribution < -0.4 is 5.32 Å². The van der Waals surface area contributed by atoms with Crippen LogP contribution in [-0.4, -0.2) is 37.6 Å². The number of carbonyl (C=O) groups excluding carboxylic acids is 1. The number of nitro groups is 1. The number of hydrogen-bond donors (Lipinski definition) is 3. The number of aromatic nitrogens is 2. The van der Waals surface area contributed by atoms with E-state index in [1.54, 1.807) is 0 Å². The smallest absolute Gasteiger partial charge is 0.329 e. The Balaban J connectivity index is 1.92. The quantitative estimate of drug-likeness (QED) is 0.573. The van der Waals surface area contributed by atoms with Gasteiger partial charge in [0.05, 0.1) is 10.4 Å². The van der Waals surface area contributed by atoms with Crippen LogP contribution in [0.4, 0.5) is 5.69 Å². The third-order valence-corrected chi connectivity index (χ3v) is 4.86. The predicted octanol–water partition coefficient (Wildman–Crippen LogP) is 2.23. The molecule has 1 aliphatic carbocycles. The van der Waals surface area contributed by atoms with Crippen molar-refractivity contribution in [3.63, 3.8) is 0 Å². The summed E-state index contributed by atoms with van der Waals surface area (Å²) in [7, 11) is 0. The number of aromatic amines is 1. The molecule has 9 heteroatoms. The number of carboxylic acids is 1. The highest BCUT2D eigenvalue weighted by molar-refractivity contribution is 6.06. The first-order valence-corrected chi connectivity index (χ1v) is 8.01. The average molecular weight is 346 g/mol. The fraction of sp³-hybridized carbons (Fsp3) is 0.438. The van der Waals surface area contributed by atoms with Crippen LogP contribution in [0.2, 0.25) is 0 Å². The zero-order chi connectivity index (χ0) is 18.2. The Morgan fingerprint density at radius 2 is 2.08 bits per heavy atom. The van der Waals surface area contributed by atoms with E-state index in [0.717, 1.165) is 0 Å². The van der Waals surface area contributed by atoms with Gasteiger partial charge in [0.2, 0.25) is 0 Å². The van der Waals surface area contributed by atoms with Gasteiger partial charge < -0.3 is 10.4 Å². The van der Waals surface area contributed by atoms with Crippen molar-refractivity contribution < 1.29 is 19.6 Å². The molecule has 3 rings (SSSR count). The minimum absolute atomic E-state index is 0.0436. The highest BCUT2D eigenvalue weighted by Gasteiger charge is 2.43. The van der Waals surface area contributed by atoms with Crippen molar-refractivity contribution in [2.45, 2.75) is 38.1 Å². The van der Waals surface area contributed by atoms with E-state index in [1.807, 2.05) is 6.92 Å². The van der Waals surface area contributed by atoms with Gasteiger partial charge in [-0.15, -0.1) is 0 Å². The van der Waals surface area contributed by atoms with Crippen LogP contribution in [-0.2, 0) is 4.79 Å². The number of H-pyrrole nitrogens is 1. The minimum atomic E-state index is -1.32. The Bertz CT molecular complexity index is 851. The number of rotatable bonds is 4. The molecule has 0 bridgehead atoms. The largest absolute Gasteiger partial charge is 0.480 e. The molecule has 1 fully saturated rings. The van der Waals surface area contributed by atoms with Gasteiger partial charge in [0, 0.05) is 17.5 Å². The van der Waals surface area contributed by atoms with Gasteiger partial charge in [0.15, 0.2) is 5.69 Å². The molecule has 25 heavy (non-hydrogen) atoms. The molecule has 1 aromatic heterocycles. The zero-order valence-electron chi connectivity index (χ0n) is 13.6. The summed E-state index contributed by atoms with van der Waals surface area (Å²) in [6.45, 7) is 2.05. The van der Waals surface area contributed by atoms with Gasteiger partial charge >= 0.3 is 5.97 Å². The summed E-state index contributed by atoms with van der Waals surface area (Å²) in [5.74, 6) is -1.31. The van der Waals surface area contributed by atoms with E-state index in [9.17, 15) is 24.8 Å². The van der Waals surface area contributed by atoms with E-state index in [4.69, 9.17) is 0 Å². The lowest BCUT2D eigenvalue weighted by Gasteiger charge is -2.36. The molecule has 132 valence electrons. The number of aliphatic carboxylic acids is 1. The molecule has 0 unspecified atom stereocenters. The van der Waals surface area contributed by atoms with E-state index in [1.165, 1.54) is 18.2 Å². The number of non-ortho nitro benzene ring substituents is 1. The number of nitrogens with one attached hydrogen (secondary N) is 2. The molecule has 0 aliphatic heterocycles. The number of nitrogens with zero attached hydrogens (tertiary/aromatic N) is 2. The molecule has 1 heterocycles. The minimum Gasteiger partial charge on any atom is -0.480 e. The predicted molar refractivity (Wildman–Crippen MR) is 88.2 cm³/mol. The Hall–Kier alpha value is -2.97. The van der Waals surface area contributed by atoms with Gasteiger partial charge in [0.1, 0.15) is 5.54 Å². The number of carboxylic acid groups (broad SMARTS) is 1. The summed E-state index contributed by atoms with van der Waals surface area (Å²) in [5, 5.41) is 30.0. The van der Waals surface area contributed by atoms with Crippen LogP contribution >= 0.6 is 0 Å². The molecule has 0 atom stereocenters. The van der Waals surface area contributed by atoms with E-state index in [-0.39, 0.29) is 16.8 Å². The van der Waals surface area contributed by atoms with Crippen LogP contribution in [0.3, 0.4) is 0 Å². The van der Waals surface area contributed by atoms with Gasteiger partial charge in [-0.25, -0.2) is 4.79 Å². The summed E-state index contributed by atoms with van der Waals surface area (Å²) in [6, 6.07) is 4.03. The molecule has 0 spiro atoms. The van der Waals surface area contributed by atoms with Crippen molar-refractivity contribution in [2.24, 2.45) is 5.92 Å². The van der Waals surface area contributed by atoms with Crippen molar-refractivity contribution in [3.05, 3.63) is 34.0 Å². The van der Waals surface area contributed by atoms with E-state index >= 15 is 0 Å². The molecule has 3 N–H and O–H groups in total. The van der Waals surface area contributed by atoms with Crippen LogP contribution in [0.5, 0.6) is 0 Å². The lowest BCUT2D eigenvalue weighted by Crippen LogP contribution is -2.56. The summed E-state index contributed by atoms with van der Waals surface area (Å²) < 4.78 is 0. The van der Waals surface area contributed by atoms with Gasteiger partial charge in [-0.3, -0.25) is 20.0 Å². The highest BCUT2D eigenvalue weighted by Crippen LogP contribution is 2.33. The Morgan fingerprint density at radius 3 is 2.68 bits per heavy atom. The van der Waals surface area contributed by atoms with Crippen LogP contribution in [0.25, 0.3) is 10.9 Å². The molecule has 2 aromatic rings. The second-order valence-corrected chi connectivity index (χ2v) is 6.58. The topological polar surface area (TPSA) is 138 Å². The van der Waals surface area contributed by atoms with Gasteiger partial charge in [-0.1, -0.05) is 6.92 Å². The number of benzene rings is 1. The maximum absolute atomic E-state index is 12.6. The van der Waals surface area contributed by atoms with Crippen molar-refractivity contribution in [2.75, 3.05) is 0 Å². The Morgan fingerprint density at radius 1 is 1.40 bits per heavy atom. The second kappa shape index (κ2) is 6.15. The van der Waals surface area contributed by atoms with E-state index in [0.29, 0.717) is 37.1 Å². The number of fused-ring (bicyclic) bond motifs is 1. The summed E-state index contributed by atoms with van der Waals surface area (Å²) in [6.07, 6.45) is 2.11. The molecule has 1 saturated carbocycles. The van der Waals surface area contributed by atoms with Crippen molar-refractivity contribution in [1.29, 1.82) is 0 Å². The normalized spacial score (nSPS) is 23.3. The Kier molecular flexibility index (Phi) is 4.15. The summed E-state index contributed by atoms with van der Waals surface area (Å²) >= 11 is 0. The second-order valence-electron chi connectivity index (χ2n) is 6.58. The summed E-state index contributed by atoms with van der Waals surface area (Å²) in [4.78, 5) is 34.8. The van der Waals surface area contributed by atoms with Crippen LogP contribution in [0, 0.1) is 16.0 Å². The number of amides is 1. The molecule has 1 aliphatic rings. The van der Waals surface area contributed by atoms with Crippen LogP contribution in [0.15, 0.2) is 18.2 Å². The van der Waals surface area contributed by atoms with Crippen molar-refractivity contribution in [3.8, 4) is 0 Å². The molecule has 1 aromatic carbocycles. The monoisotopic (exact) mass is 346 g/mol. The highest BCUT2D eigenvalue weighted by atomic mass is 16.6. The number of hydrogen-bond acceptors (Lipinski definition) is 5. The maximum atomic E-state index is 12.6. The summed E-state index contributed by atoms with van der Waals surface area (Å²) in [5.41, 5.74) is -1.06. The van der Waals surface area contributed by atoms with Gasteiger partial charge in [-0.05, 0) is 37.7 Å². The molecule has 9 nitrogen and oxygen atoms in total. The van der Waals surface area contributed by atoms with Crippen molar-refractivity contribution >= 4 is 28.5 Å². The third-order valence-electron chi connectivity index (χ3n) is 4.86. The SMILES string of the molecule is CC1CCC(NC(=O)c2n[nH]c3ccc([N+](=O)[O-])cc23)(C(=O)O)CC1. The van der Waals surface area contributed by atoms with Crippen LogP contribution in [0.1, 0.15) is 43.1 Å². The van der Waals surface area contributed by atoms with Gasteiger partial charge in [-0.2, -0.15) is 5.10 Å². The molecular weight excluding hydrogens is 328 g/mol. The zero-order valence-corrected chi connectivity index (χ0v) is 13.6. The van der Waals surface area contributed by atoms with E-state index < -0.39 is 22.3 Å². The molecule has 1 amide bonds. The average Bonchev–Trinajstić information content (AvgIpc) is 3.00. The first kappa shape index (κ1) is 16.9. The van der Waals surface area contributed by atoms with Crippen molar-refractivity contribution in [1.82, 2.24) is 15.5 Å². The lowest BCUT2D eigenvalue weighted by atomic mass is 9.77. The number of carbonyl (C=O) groups is 2. The standard InChI is InChI=1S/C16H18N4O5/c1-9-4-6-16(7-5-9,15(22)23)17-14(21)13-11-8-10(20(24)25)2-3-12(11)18-19-13/h2-3,8-9H,4-7H2,1H3,(H,17,21)(H,18,19)(H,22,23). The molecule has 0 radical (unpaired) electrons. The third kappa shape index (κ3) is 3.04. The van der Waals surface area contributed by atoms with E-state index in [2.05, 4.69) is 15.5 Å². The Labute approximate surface area is 142 Å². The first-order chi connectivity index (χ1) is 11.8. The maximum Gasteiger partial charge on any atom is 0.329 e. The lowest BCUT2D eigenvalue weighted by molar-refractivity contribution is -0.384. The fourth-order valence-corrected chi connectivity index (χ4v) is 3.21.